The molecule has 0 aliphatic carbocycles. The van der Waals surface area contributed by atoms with Gasteiger partial charge < -0.3 is 10.3 Å². The summed E-state index contributed by atoms with van der Waals surface area (Å²) in [6.07, 6.45) is 0. The predicted molar refractivity (Wildman–Crippen MR) is 154 cm³/mol. The summed E-state index contributed by atoms with van der Waals surface area (Å²) < 4.78 is 0. The Morgan fingerprint density at radius 1 is 0.472 bits per heavy atom. The summed E-state index contributed by atoms with van der Waals surface area (Å²) in [5.74, 6) is 0. The smallest absolute Gasteiger partial charge is 0.0710 e. The van der Waals surface area contributed by atoms with E-state index in [-0.39, 0.29) is 0 Å². The monoisotopic (exact) mass is 460 g/mol. The fraction of sp³-hybridized carbons (Fsp3) is 0. The first-order valence-corrected chi connectivity index (χ1v) is 12.3. The number of nitrogens with one attached hydrogen (secondary N) is 2. The van der Waals surface area contributed by atoms with Gasteiger partial charge in [-0.1, -0.05) is 109 Å². The molecule has 2 nitrogen and oxygen atoms in total. The van der Waals surface area contributed by atoms with Gasteiger partial charge in [0.2, 0.25) is 0 Å². The Hall–Kier alpha value is -4.82. The summed E-state index contributed by atoms with van der Waals surface area (Å²) in [6, 6.07) is 47.4. The lowest BCUT2D eigenvalue weighted by Crippen LogP contribution is -1.95. The van der Waals surface area contributed by atoms with Crippen molar-refractivity contribution < 1.29 is 0 Å². The minimum absolute atomic E-state index is 1.06. The first-order chi connectivity index (χ1) is 17.8. The van der Waals surface area contributed by atoms with Crippen LogP contribution in [0.25, 0.3) is 54.8 Å². The third-order valence-corrected chi connectivity index (χ3v) is 6.98. The average Bonchev–Trinajstić information content (AvgIpc) is 3.33. The number of hydrogen-bond acceptors (Lipinski definition) is 1. The topological polar surface area (TPSA) is 27.8 Å². The largest absolute Gasteiger partial charge is 0.353 e. The molecule has 0 saturated carbocycles. The van der Waals surface area contributed by atoms with E-state index in [9.17, 15) is 0 Å². The van der Waals surface area contributed by atoms with Gasteiger partial charge in [-0.2, -0.15) is 0 Å². The minimum Gasteiger partial charge on any atom is -0.353 e. The maximum absolute atomic E-state index is 3.79. The molecule has 170 valence electrons. The second-order valence-corrected chi connectivity index (χ2v) is 9.22. The molecule has 0 bridgehead atoms. The molecule has 6 aromatic carbocycles. The summed E-state index contributed by atoms with van der Waals surface area (Å²) in [7, 11) is 0. The van der Waals surface area contributed by atoms with Crippen molar-refractivity contribution in [3.05, 3.63) is 133 Å². The predicted octanol–water partition coefficient (Wildman–Crippen LogP) is 9.55. The van der Waals surface area contributed by atoms with Crippen LogP contribution in [0, 0.1) is 0 Å². The lowest BCUT2D eigenvalue weighted by Gasteiger charge is -2.15. The molecule has 0 spiro atoms. The highest BCUT2D eigenvalue weighted by Crippen LogP contribution is 2.39. The Morgan fingerprint density at radius 3 is 2.14 bits per heavy atom. The molecular formula is C34H24N2. The van der Waals surface area contributed by atoms with Gasteiger partial charge in [0, 0.05) is 27.5 Å². The summed E-state index contributed by atoms with van der Waals surface area (Å²) >= 11 is 0. The van der Waals surface area contributed by atoms with Crippen LogP contribution in [0.15, 0.2) is 133 Å². The van der Waals surface area contributed by atoms with Gasteiger partial charge in [-0.05, 0) is 51.7 Å². The maximum atomic E-state index is 3.79. The van der Waals surface area contributed by atoms with Crippen LogP contribution in [0.5, 0.6) is 0 Å². The van der Waals surface area contributed by atoms with Gasteiger partial charge in [-0.25, -0.2) is 0 Å². The third-order valence-electron chi connectivity index (χ3n) is 6.98. The van der Waals surface area contributed by atoms with Gasteiger partial charge in [0.1, 0.15) is 0 Å². The number of fused-ring (bicyclic) bond motifs is 4. The van der Waals surface area contributed by atoms with Gasteiger partial charge in [0.25, 0.3) is 0 Å². The molecule has 0 unspecified atom stereocenters. The van der Waals surface area contributed by atoms with Crippen molar-refractivity contribution in [2.75, 3.05) is 5.32 Å². The zero-order chi connectivity index (χ0) is 23.9. The fourth-order valence-corrected chi connectivity index (χ4v) is 5.20. The van der Waals surface area contributed by atoms with Crippen LogP contribution in [0.2, 0.25) is 0 Å². The van der Waals surface area contributed by atoms with Gasteiger partial charge in [0.05, 0.1) is 11.2 Å². The number of aromatic nitrogens is 1. The summed E-state index contributed by atoms with van der Waals surface area (Å²) in [4.78, 5) is 3.68. The van der Waals surface area contributed by atoms with E-state index in [4.69, 9.17) is 0 Å². The third kappa shape index (κ3) is 3.52. The van der Waals surface area contributed by atoms with Crippen molar-refractivity contribution in [3.63, 3.8) is 0 Å². The number of rotatable bonds is 4. The standard InChI is InChI=1S/C34H24N2/c1-2-10-24(11-3-1)29-19-20-31-30-15-6-7-16-32(30)36-34(31)33(29)35-28-14-8-13-26(22-28)27-18-17-23-9-4-5-12-25(23)21-27/h1-22,35-36H. The Morgan fingerprint density at radius 2 is 1.22 bits per heavy atom. The van der Waals surface area contributed by atoms with Crippen LogP contribution in [0.3, 0.4) is 0 Å². The summed E-state index contributed by atoms with van der Waals surface area (Å²) in [6.45, 7) is 0. The highest BCUT2D eigenvalue weighted by molar-refractivity contribution is 6.14. The summed E-state index contributed by atoms with van der Waals surface area (Å²) in [5.41, 5.74) is 9.17. The van der Waals surface area contributed by atoms with Crippen LogP contribution < -0.4 is 5.32 Å². The SMILES string of the molecule is c1ccc(-c2ccc3c([nH]c4ccccc43)c2Nc2cccc(-c3ccc4ccccc4c3)c2)cc1. The normalized spacial score (nSPS) is 11.3. The van der Waals surface area contributed by atoms with E-state index < -0.39 is 0 Å². The second kappa shape index (κ2) is 8.44. The van der Waals surface area contributed by atoms with E-state index >= 15 is 0 Å². The molecule has 0 saturated heterocycles. The van der Waals surface area contributed by atoms with Gasteiger partial charge >= 0.3 is 0 Å². The summed E-state index contributed by atoms with van der Waals surface area (Å²) in [5, 5.41) is 8.76. The molecule has 0 atom stereocenters. The second-order valence-electron chi connectivity index (χ2n) is 9.22. The number of anilines is 2. The number of para-hydroxylation sites is 1. The molecule has 7 rings (SSSR count). The Balaban J connectivity index is 1.38. The molecule has 7 aromatic rings. The molecule has 36 heavy (non-hydrogen) atoms. The number of benzene rings is 6. The van der Waals surface area contributed by atoms with Crippen LogP contribution in [0.1, 0.15) is 0 Å². The van der Waals surface area contributed by atoms with E-state index in [1.807, 2.05) is 0 Å². The molecule has 0 amide bonds. The van der Waals surface area contributed by atoms with Gasteiger partial charge in [-0.3, -0.25) is 0 Å². The highest BCUT2D eigenvalue weighted by atomic mass is 14.9. The molecule has 0 fully saturated rings. The van der Waals surface area contributed by atoms with Crippen molar-refractivity contribution in [1.29, 1.82) is 0 Å². The van der Waals surface area contributed by atoms with Crippen molar-refractivity contribution in [2.45, 2.75) is 0 Å². The first-order valence-electron chi connectivity index (χ1n) is 12.3. The molecule has 2 N–H and O–H groups in total. The Labute approximate surface area is 209 Å². The van der Waals surface area contributed by atoms with E-state index in [0.717, 1.165) is 22.4 Å². The van der Waals surface area contributed by atoms with Crippen molar-refractivity contribution >= 4 is 44.0 Å². The highest BCUT2D eigenvalue weighted by Gasteiger charge is 2.14. The molecular weight excluding hydrogens is 436 g/mol. The molecule has 0 aliphatic heterocycles. The molecule has 2 heteroatoms. The average molecular weight is 461 g/mol. The van der Waals surface area contributed by atoms with E-state index in [1.54, 1.807) is 0 Å². The number of aromatic amines is 1. The molecule has 0 radical (unpaired) electrons. The van der Waals surface area contributed by atoms with Crippen LogP contribution >= 0.6 is 0 Å². The minimum atomic E-state index is 1.06. The number of hydrogen-bond donors (Lipinski definition) is 2. The quantitative estimate of drug-likeness (QED) is 0.269. The van der Waals surface area contributed by atoms with E-state index in [1.165, 1.54) is 43.8 Å². The molecule has 1 heterocycles. The van der Waals surface area contributed by atoms with E-state index in [2.05, 4.69) is 144 Å². The fourth-order valence-electron chi connectivity index (χ4n) is 5.20. The zero-order valence-electron chi connectivity index (χ0n) is 19.7. The molecule has 0 aliphatic rings. The van der Waals surface area contributed by atoms with Crippen LogP contribution in [0.4, 0.5) is 11.4 Å². The Kier molecular flexibility index (Phi) is 4.82. The maximum Gasteiger partial charge on any atom is 0.0710 e. The molecule has 1 aromatic heterocycles. The van der Waals surface area contributed by atoms with Crippen molar-refractivity contribution in [1.82, 2.24) is 4.98 Å². The van der Waals surface area contributed by atoms with E-state index in [0.29, 0.717) is 0 Å². The van der Waals surface area contributed by atoms with Crippen molar-refractivity contribution in [2.24, 2.45) is 0 Å². The lowest BCUT2D eigenvalue weighted by molar-refractivity contribution is 1.50. The lowest BCUT2D eigenvalue weighted by atomic mass is 9.99. The number of H-pyrrole nitrogens is 1. The Bertz CT molecular complexity index is 1860. The van der Waals surface area contributed by atoms with Crippen LogP contribution in [-0.4, -0.2) is 4.98 Å². The zero-order valence-corrected chi connectivity index (χ0v) is 19.7. The van der Waals surface area contributed by atoms with Gasteiger partial charge in [0.15, 0.2) is 0 Å². The van der Waals surface area contributed by atoms with Gasteiger partial charge in [-0.15, -0.1) is 0 Å². The van der Waals surface area contributed by atoms with Crippen molar-refractivity contribution in [3.8, 4) is 22.3 Å². The van der Waals surface area contributed by atoms with Crippen LogP contribution in [-0.2, 0) is 0 Å². The first kappa shape index (κ1) is 20.5.